The standard InChI is InChI=1S/C15H8F6.C15H13.C12H19.2ClH.Zr/c16-14(17,18)12-5-1-10(2-6-12)9-11-3-7-13(8-4-11)15(19,20)21;1-10-3-5-14-12(7-10)9-13-8-11(2)4-6-15(13)14;1-9(2)10-6-7-11(8-10)12(3,4)5;;;/h1-8H;3-7H,9H2,1-2H3;7-10H,1-5H3;2*1H;/q;;;;;+2/p-2. The van der Waals surface area contributed by atoms with E-state index < -0.39 is 44.7 Å². The van der Waals surface area contributed by atoms with Crippen LogP contribution in [0.4, 0.5) is 26.3 Å². The number of halogens is 8. The zero-order valence-corrected chi connectivity index (χ0v) is 33.5. The first-order valence-electron chi connectivity index (χ1n) is 16.6. The molecule has 4 aromatic carbocycles. The molecule has 0 aromatic heterocycles. The van der Waals surface area contributed by atoms with Gasteiger partial charge in [-0.15, -0.1) is 0 Å². The molecule has 268 valence electrons. The second-order valence-electron chi connectivity index (χ2n) is 14.8. The minimum absolute atomic E-state index is 0. The van der Waals surface area contributed by atoms with Gasteiger partial charge in [0.25, 0.3) is 0 Å². The molecule has 0 heterocycles. The van der Waals surface area contributed by atoms with Crippen molar-refractivity contribution in [2.24, 2.45) is 17.3 Å². The van der Waals surface area contributed by atoms with E-state index in [-0.39, 0.29) is 42.1 Å². The summed E-state index contributed by atoms with van der Waals surface area (Å²) in [4.78, 5) is 0. The Bertz CT molecular complexity index is 1970. The zero-order valence-electron chi connectivity index (χ0n) is 29.5. The molecule has 0 aliphatic heterocycles. The van der Waals surface area contributed by atoms with E-state index >= 15 is 0 Å². The Balaban J connectivity index is 0.00000292. The van der Waals surface area contributed by atoms with Crippen LogP contribution in [0, 0.1) is 31.1 Å². The van der Waals surface area contributed by atoms with Gasteiger partial charge in [0.2, 0.25) is 0 Å². The van der Waals surface area contributed by atoms with Gasteiger partial charge >= 0.3 is 294 Å². The van der Waals surface area contributed by atoms with Gasteiger partial charge in [-0.1, -0.05) is 0 Å². The molecule has 6 rings (SSSR count). The van der Waals surface area contributed by atoms with Crippen molar-refractivity contribution in [3.63, 3.8) is 0 Å². The number of hydrogen-bond acceptors (Lipinski definition) is 0. The summed E-state index contributed by atoms with van der Waals surface area (Å²) in [5.74, 6) is 0.323. The van der Waals surface area contributed by atoms with Crippen molar-refractivity contribution >= 4 is 6.48 Å². The van der Waals surface area contributed by atoms with E-state index in [1.807, 2.05) is 0 Å². The molecule has 0 N–H and O–H groups in total. The molecule has 0 saturated heterocycles. The fraction of sp³-hybridized carbons (Fsp3) is 0.310. The first kappa shape index (κ1) is 41.0. The average Bonchev–Trinajstić information content (AvgIpc) is 3.62. The predicted octanol–water partition coefficient (Wildman–Crippen LogP) is 5.57. The minimum Gasteiger partial charge on any atom is -1.00 e. The molecule has 1 atom stereocenters. The van der Waals surface area contributed by atoms with E-state index in [1.54, 1.807) is 0 Å². The third kappa shape index (κ3) is 8.11. The molecule has 51 heavy (non-hydrogen) atoms. The first-order valence-corrected chi connectivity index (χ1v) is 20.3. The summed E-state index contributed by atoms with van der Waals surface area (Å²) in [6, 6.07) is 21.3. The molecule has 0 radical (unpaired) electrons. The van der Waals surface area contributed by atoms with E-state index in [0.29, 0.717) is 11.1 Å². The third-order valence-corrected chi connectivity index (χ3v) is 18.0. The fourth-order valence-corrected chi connectivity index (χ4v) is 16.6. The summed E-state index contributed by atoms with van der Waals surface area (Å²) in [5.41, 5.74) is 7.90. The maximum Gasteiger partial charge on any atom is -1.00 e. The largest absolute Gasteiger partial charge is 1.00 e. The monoisotopic (exact) mass is 818 g/mol. The van der Waals surface area contributed by atoms with Crippen LogP contribution in [0.2, 0.25) is 0 Å². The Kier molecular flexibility index (Phi) is 12.0. The van der Waals surface area contributed by atoms with Crippen LogP contribution in [-0.4, -0.2) is 3.21 Å². The van der Waals surface area contributed by atoms with Gasteiger partial charge in [-0.05, 0) is 0 Å². The molecular weight excluding hydrogens is 781 g/mol. The van der Waals surface area contributed by atoms with Gasteiger partial charge in [0, 0.05) is 0 Å². The molecule has 0 saturated carbocycles. The summed E-state index contributed by atoms with van der Waals surface area (Å²) in [7, 11) is 0. The number of benzene rings is 4. The Morgan fingerprint density at radius 3 is 1.69 bits per heavy atom. The molecule has 9 heteroatoms. The van der Waals surface area contributed by atoms with Crippen molar-refractivity contribution in [3.05, 3.63) is 144 Å². The number of allylic oxidation sites excluding steroid dienone is 4. The topological polar surface area (TPSA) is 0 Å². The van der Waals surface area contributed by atoms with Crippen LogP contribution in [0.1, 0.15) is 79.1 Å². The molecule has 2 aliphatic rings. The molecule has 0 spiro atoms. The number of fused-ring (bicyclic) bond motifs is 3. The van der Waals surface area contributed by atoms with Gasteiger partial charge in [0.05, 0.1) is 0 Å². The SMILES string of the molecule is Cc1ccc2c(c1)Cc1c-2ccc(C)[c]1[Zr+2]([C]1=CC(C(C)(C)C)=CC1C(C)C)=[C](c1ccc(C(F)(F)F)cc1)c1ccc(C(F)(F)F)cc1.[Cl-].[Cl-]. The fourth-order valence-electron chi connectivity index (χ4n) is 7.24. The van der Waals surface area contributed by atoms with Gasteiger partial charge < -0.3 is 24.8 Å². The molecule has 2 aliphatic carbocycles. The van der Waals surface area contributed by atoms with Crippen LogP contribution >= 0.6 is 0 Å². The Hall–Kier alpha value is -2.73. The van der Waals surface area contributed by atoms with Crippen LogP contribution in [0.5, 0.6) is 0 Å². The van der Waals surface area contributed by atoms with E-state index in [1.165, 1.54) is 58.6 Å². The number of rotatable bonds is 5. The van der Waals surface area contributed by atoms with Crippen molar-refractivity contribution in [1.82, 2.24) is 0 Å². The number of aryl methyl sites for hydroxylation is 2. The maximum atomic E-state index is 13.8. The van der Waals surface area contributed by atoms with Crippen molar-refractivity contribution < 1.29 is 72.4 Å². The van der Waals surface area contributed by atoms with Gasteiger partial charge in [-0.3, -0.25) is 0 Å². The summed E-state index contributed by atoms with van der Waals surface area (Å²) in [5, 5.41) is 0. The van der Waals surface area contributed by atoms with Crippen molar-refractivity contribution in [1.29, 1.82) is 0 Å². The Labute approximate surface area is 317 Å². The second-order valence-corrected chi connectivity index (χ2v) is 20.5. The molecule has 0 bridgehead atoms. The third-order valence-electron chi connectivity index (χ3n) is 9.84. The quantitative estimate of drug-likeness (QED) is 0.204. The predicted molar refractivity (Wildman–Crippen MR) is 184 cm³/mol. The van der Waals surface area contributed by atoms with E-state index in [2.05, 4.69) is 91.0 Å². The van der Waals surface area contributed by atoms with Crippen molar-refractivity contribution in [2.45, 2.75) is 67.2 Å². The molecular formula is C42H40Cl2F6Zr. The zero-order chi connectivity index (χ0) is 35.6. The smallest absolute Gasteiger partial charge is 1.00 e. The van der Waals surface area contributed by atoms with E-state index in [0.717, 1.165) is 45.0 Å². The Morgan fingerprint density at radius 2 is 1.22 bits per heavy atom. The van der Waals surface area contributed by atoms with E-state index in [4.69, 9.17) is 0 Å². The summed E-state index contributed by atoms with van der Waals surface area (Å²) in [6.07, 6.45) is -3.61. The normalized spacial score (nSPS) is 15.2. The average molecular weight is 821 g/mol. The molecule has 0 nitrogen and oxygen atoms in total. The van der Waals surface area contributed by atoms with Crippen LogP contribution in [-0.2, 0) is 40.0 Å². The van der Waals surface area contributed by atoms with Crippen LogP contribution < -0.4 is 28.1 Å². The van der Waals surface area contributed by atoms with Crippen molar-refractivity contribution in [3.8, 4) is 11.1 Å². The Morgan fingerprint density at radius 1 is 0.706 bits per heavy atom. The summed E-state index contributed by atoms with van der Waals surface area (Å²) < 4.78 is 86.3. The van der Waals surface area contributed by atoms with Crippen LogP contribution in [0.15, 0.2) is 99.9 Å². The molecule has 4 aromatic rings. The van der Waals surface area contributed by atoms with E-state index in [9.17, 15) is 26.3 Å². The van der Waals surface area contributed by atoms with Gasteiger partial charge in [-0.25, -0.2) is 0 Å². The van der Waals surface area contributed by atoms with Crippen LogP contribution in [0.25, 0.3) is 11.1 Å². The number of alkyl halides is 6. The molecule has 0 amide bonds. The van der Waals surface area contributed by atoms with Crippen molar-refractivity contribution in [2.75, 3.05) is 0 Å². The minimum atomic E-state index is -4.52. The van der Waals surface area contributed by atoms with Gasteiger partial charge in [0.15, 0.2) is 0 Å². The van der Waals surface area contributed by atoms with Crippen LogP contribution in [0.3, 0.4) is 0 Å². The second kappa shape index (κ2) is 15.0. The molecule has 1 unspecified atom stereocenters. The van der Waals surface area contributed by atoms with Gasteiger partial charge in [-0.2, -0.15) is 0 Å². The van der Waals surface area contributed by atoms with Gasteiger partial charge in [0.1, 0.15) is 0 Å². The maximum absolute atomic E-state index is 13.8. The summed E-state index contributed by atoms with van der Waals surface area (Å²) in [6.45, 7) is 15.1. The molecule has 0 fully saturated rings. The summed E-state index contributed by atoms with van der Waals surface area (Å²) >= 11 is -3.52. The first-order chi connectivity index (χ1) is 22.8. The number of hydrogen-bond donors (Lipinski definition) is 0.